The number of para-hydroxylation sites is 1. The fourth-order valence-electron chi connectivity index (χ4n) is 4.08. The summed E-state index contributed by atoms with van der Waals surface area (Å²) in [5.74, 6) is 0.118. The van der Waals surface area contributed by atoms with Crippen molar-refractivity contribution in [3.05, 3.63) is 35.9 Å². The summed E-state index contributed by atoms with van der Waals surface area (Å²) in [6.07, 6.45) is 0. The van der Waals surface area contributed by atoms with Gasteiger partial charge in [-0.1, -0.05) is 18.2 Å². The van der Waals surface area contributed by atoms with Crippen LogP contribution in [0.5, 0.6) is 0 Å². The number of hydrogen-bond acceptors (Lipinski definition) is 10. The van der Waals surface area contributed by atoms with Gasteiger partial charge in [-0.2, -0.15) is 5.11 Å². The van der Waals surface area contributed by atoms with Crippen LogP contribution in [0.1, 0.15) is 12.5 Å². The van der Waals surface area contributed by atoms with Gasteiger partial charge in [-0.3, -0.25) is 0 Å². The molecule has 2 aliphatic heterocycles. The molecule has 3 aromatic rings. The maximum Gasteiger partial charge on any atom is 0.242 e. The van der Waals surface area contributed by atoms with E-state index in [9.17, 15) is 16.8 Å². The van der Waals surface area contributed by atoms with Crippen LogP contribution in [0.15, 0.2) is 55.3 Å². The van der Waals surface area contributed by atoms with Crippen molar-refractivity contribution in [2.45, 2.75) is 22.3 Å². The molecule has 0 unspecified atom stereocenters. The Kier molecular flexibility index (Phi) is 5.07. The Balaban J connectivity index is 1.84. The first-order valence-corrected chi connectivity index (χ1v) is 13.1. The van der Waals surface area contributed by atoms with Crippen molar-refractivity contribution in [2.24, 2.45) is 20.4 Å². The number of imidazole rings is 1. The number of H-pyrrole nitrogens is 1. The molecule has 178 valence electrons. The third kappa shape index (κ3) is 3.76. The van der Waals surface area contributed by atoms with Gasteiger partial charge in [-0.05, 0) is 24.6 Å². The summed E-state index contributed by atoms with van der Waals surface area (Å²) >= 11 is 0. The number of rotatable bonds is 6. The standard InChI is InChI=1S/C19H21N9O4S2/c1-19(7-22-8-19)28-34(31,32)13-6-5-10(11-3-2-4-12-15(11)26-18(20)25-12)14(16(13)33(21,29)30)17-23-9-24-27-17/h2-6,22,28H,7-9H2,1H3,(H3,20,25,26)(H2,21,29,30). The van der Waals surface area contributed by atoms with E-state index in [2.05, 4.69) is 35.2 Å². The van der Waals surface area contributed by atoms with Crippen LogP contribution < -0.4 is 20.9 Å². The lowest BCUT2D eigenvalue weighted by Crippen LogP contribution is -2.66. The normalized spacial score (nSPS) is 17.6. The maximum absolute atomic E-state index is 13.4. The number of aromatic nitrogens is 2. The highest BCUT2D eigenvalue weighted by Crippen LogP contribution is 2.37. The van der Waals surface area contributed by atoms with Gasteiger partial charge in [0.2, 0.25) is 20.0 Å². The summed E-state index contributed by atoms with van der Waals surface area (Å²) in [4.78, 5) is 10.3. The monoisotopic (exact) mass is 503 g/mol. The molecule has 0 spiro atoms. The van der Waals surface area contributed by atoms with Crippen molar-refractivity contribution >= 4 is 42.9 Å². The summed E-state index contributed by atoms with van der Waals surface area (Å²) in [5.41, 5.74) is 6.85. The number of nitrogens with two attached hydrogens (primary N) is 2. The van der Waals surface area contributed by atoms with Crippen molar-refractivity contribution in [1.29, 1.82) is 0 Å². The first-order valence-electron chi connectivity index (χ1n) is 10.1. The van der Waals surface area contributed by atoms with Crippen molar-refractivity contribution in [2.75, 3.05) is 25.5 Å². The number of aromatic amines is 1. The second-order valence-electron chi connectivity index (χ2n) is 8.32. The number of anilines is 1. The molecule has 0 bridgehead atoms. The van der Waals surface area contributed by atoms with Crippen LogP contribution in [-0.4, -0.2) is 57.9 Å². The van der Waals surface area contributed by atoms with Gasteiger partial charge in [-0.15, -0.1) is 5.11 Å². The van der Waals surface area contributed by atoms with E-state index in [-0.39, 0.29) is 24.0 Å². The summed E-state index contributed by atoms with van der Waals surface area (Å²) in [5, 5.41) is 16.3. The van der Waals surface area contributed by atoms with Crippen LogP contribution in [0.25, 0.3) is 22.2 Å². The van der Waals surface area contributed by atoms with Gasteiger partial charge in [-0.25, -0.2) is 36.7 Å². The van der Waals surface area contributed by atoms with Crippen molar-refractivity contribution < 1.29 is 16.8 Å². The third-order valence-corrected chi connectivity index (χ3v) is 8.40. The van der Waals surface area contributed by atoms with Crippen LogP contribution in [-0.2, 0) is 20.0 Å². The van der Waals surface area contributed by atoms with E-state index in [1.54, 1.807) is 25.1 Å². The first kappa shape index (κ1) is 22.5. The predicted molar refractivity (Wildman–Crippen MR) is 125 cm³/mol. The molecule has 0 radical (unpaired) electrons. The molecule has 1 saturated heterocycles. The minimum absolute atomic E-state index is 0.0304. The van der Waals surface area contributed by atoms with E-state index in [1.165, 1.54) is 12.1 Å². The Labute approximate surface area is 194 Å². The van der Waals surface area contributed by atoms with Crippen LogP contribution >= 0.6 is 0 Å². The molecule has 7 N–H and O–H groups in total. The number of nitrogens with one attached hydrogen (secondary N) is 3. The van der Waals surface area contributed by atoms with Crippen LogP contribution in [0, 0.1) is 0 Å². The van der Waals surface area contributed by atoms with Crippen LogP contribution in [0.2, 0.25) is 0 Å². The molecule has 34 heavy (non-hydrogen) atoms. The fraction of sp³-hybridized carbons (Fsp3) is 0.263. The minimum atomic E-state index is -4.58. The lowest BCUT2D eigenvalue weighted by atomic mass is 9.97. The van der Waals surface area contributed by atoms with Crippen molar-refractivity contribution in [3.8, 4) is 11.1 Å². The molecule has 1 fully saturated rings. The summed E-state index contributed by atoms with van der Waals surface area (Å²) in [6, 6.07) is 7.87. The SMILES string of the molecule is CC1(NS(=O)(=O)c2ccc(-c3cccc4[nH]c(N)nc34)c(C3=NCN=N3)c2S(N)(=O)=O)CNC1. The van der Waals surface area contributed by atoms with Gasteiger partial charge in [0, 0.05) is 18.7 Å². The molecule has 15 heteroatoms. The Morgan fingerprint density at radius 2 is 1.85 bits per heavy atom. The lowest BCUT2D eigenvalue weighted by Gasteiger charge is -2.39. The molecule has 0 amide bonds. The topological polar surface area (TPSA) is 210 Å². The smallest absolute Gasteiger partial charge is 0.242 e. The average molecular weight is 504 g/mol. The van der Waals surface area contributed by atoms with Gasteiger partial charge in [0.1, 0.15) is 9.79 Å². The Bertz CT molecular complexity index is 1600. The second kappa shape index (κ2) is 7.64. The molecule has 13 nitrogen and oxygen atoms in total. The van der Waals surface area contributed by atoms with Crippen LogP contribution in [0.3, 0.4) is 0 Å². The zero-order chi connectivity index (χ0) is 24.3. The van der Waals surface area contributed by atoms with Gasteiger partial charge < -0.3 is 16.0 Å². The maximum atomic E-state index is 13.4. The molecule has 0 saturated carbocycles. The van der Waals surface area contributed by atoms with Gasteiger partial charge in [0.25, 0.3) is 0 Å². The zero-order valence-corrected chi connectivity index (χ0v) is 19.5. The molecule has 1 aromatic heterocycles. The van der Waals surface area contributed by atoms with Gasteiger partial charge in [0.05, 0.1) is 22.1 Å². The largest absolute Gasteiger partial charge is 0.369 e. The number of fused-ring (bicyclic) bond motifs is 1. The van der Waals surface area contributed by atoms with Crippen molar-refractivity contribution in [3.63, 3.8) is 0 Å². The predicted octanol–water partition coefficient (Wildman–Crippen LogP) is 0.270. The highest BCUT2D eigenvalue weighted by atomic mass is 32.2. The number of nitrogens with zero attached hydrogens (tertiary/aromatic N) is 4. The highest BCUT2D eigenvalue weighted by Gasteiger charge is 2.39. The molecule has 0 aliphatic carbocycles. The Hall–Kier alpha value is -3.24. The number of primary sulfonamides is 1. The number of azo groups is 1. The van der Waals surface area contributed by atoms with Gasteiger partial charge in [0.15, 0.2) is 18.5 Å². The molecular weight excluding hydrogens is 482 g/mol. The second-order valence-corrected chi connectivity index (χ2v) is 11.5. The highest BCUT2D eigenvalue weighted by molar-refractivity contribution is 7.92. The van der Waals surface area contributed by atoms with E-state index in [0.29, 0.717) is 35.2 Å². The first-order chi connectivity index (χ1) is 16.0. The fourth-order valence-corrected chi connectivity index (χ4v) is 7.09. The third-order valence-electron chi connectivity index (χ3n) is 5.60. The van der Waals surface area contributed by atoms with E-state index < -0.39 is 35.4 Å². The molecular formula is C19H21N9O4S2. The quantitative estimate of drug-likeness (QED) is 0.316. The number of benzene rings is 2. The van der Waals surface area contributed by atoms with Crippen molar-refractivity contribution in [1.82, 2.24) is 20.0 Å². The number of aliphatic imine (C=N–C) groups is 1. The van der Waals surface area contributed by atoms with Crippen LogP contribution in [0.4, 0.5) is 5.95 Å². The van der Waals surface area contributed by atoms with E-state index in [1.807, 2.05) is 0 Å². The lowest BCUT2D eigenvalue weighted by molar-refractivity contribution is 0.279. The molecule has 3 heterocycles. The Morgan fingerprint density at radius 3 is 2.47 bits per heavy atom. The summed E-state index contributed by atoms with van der Waals surface area (Å²) < 4.78 is 55.0. The molecule has 2 aliphatic rings. The molecule has 0 atom stereocenters. The number of sulfonamides is 2. The van der Waals surface area contributed by atoms with E-state index in [0.717, 1.165) is 0 Å². The van der Waals surface area contributed by atoms with Gasteiger partial charge >= 0.3 is 0 Å². The number of amidine groups is 1. The molecule has 5 rings (SSSR count). The number of hydrogen-bond donors (Lipinski definition) is 5. The molecule has 2 aromatic carbocycles. The summed E-state index contributed by atoms with van der Waals surface area (Å²) in [6.45, 7) is 2.47. The zero-order valence-electron chi connectivity index (χ0n) is 17.9. The Morgan fingerprint density at radius 1 is 1.09 bits per heavy atom. The van der Waals surface area contributed by atoms with E-state index in [4.69, 9.17) is 10.9 Å². The summed E-state index contributed by atoms with van der Waals surface area (Å²) in [7, 11) is -8.88. The van der Waals surface area contributed by atoms with E-state index >= 15 is 0 Å². The minimum Gasteiger partial charge on any atom is -0.369 e. The average Bonchev–Trinajstić information content (AvgIpc) is 3.39. The number of nitrogen functional groups attached to an aromatic ring is 1.